The molecule has 1 aromatic carbocycles. The molecule has 0 fully saturated rings. The van der Waals surface area contributed by atoms with Gasteiger partial charge >= 0.3 is 0 Å². The molecule has 0 atom stereocenters. The molecule has 0 unspecified atom stereocenters. The van der Waals surface area contributed by atoms with Crippen LogP contribution in [0.1, 0.15) is 0 Å². The van der Waals surface area contributed by atoms with E-state index in [0.29, 0.717) is 22.2 Å². The summed E-state index contributed by atoms with van der Waals surface area (Å²) >= 11 is 5.94. The maximum Gasteiger partial charge on any atom is 0.201 e. The average molecular weight is 315 g/mol. The van der Waals surface area contributed by atoms with Crippen molar-refractivity contribution in [3.63, 3.8) is 0 Å². The van der Waals surface area contributed by atoms with E-state index in [2.05, 4.69) is 15.5 Å². The third kappa shape index (κ3) is 3.94. The van der Waals surface area contributed by atoms with Gasteiger partial charge in [0.05, 0.1) is 6.20 Å². The van der Waals surface area contributed by atoms with E-state index in [1.165, 1.54) is 0 Å². The van der Waals surface area contributed by atoms with Crippen LogP contribution in [0, 0.1) is 16.7 Å². The van der Waals surface area contributed by atoms with Crippen LogP contribution in [0.5, 0.6) is 11.5 Å². The summed E-state index contributed by atoms with van der Waals surface area (Å²) in [6, 6.07) is 10.1. The Labute approximate surface area is 131 Å². The smallest absolute Gasteiger partial charge is 0.201 e. The number of nitrogens with one attached hydrogen (secondary N) is 2. The largest absolute Gasteiger partial charge is 0.454 e. The molecule has 0 spiro atoms. The van der Waals surface area contributed by atoms with Gasteiger partial charge in [-0.3, -0.25) is 15.8 Å². The number of hydrogen-bond acceptors (Lipinski definition) is 6. The van der Waals surface area contributed by atoms with E-state index in [-0.39, 0.29) is 5.71 Å². The second-order valence-corrected chi connectivity index (χ2v) is 4.47. The van der Waals surface area contributed by atoms with Crippen molar-refractivity contribution >= 4 is 28.8 Å². The Balaban J connectivity index is 2.29. The Morgan fingerprint density at radius 3 is 2.91 bits per heavy atom. The molecular formula is C14H11ClN6O. The Kier molecular flexibility index (Phi) is 4.90. The summed E-state index contributed by atoms with van der Waals surface area (Å²) < 4.78 is 5.67. The zero-order valence-corrected chi connectivity index (χ0v) is 12.0. The average Bonchev–Trinajstić information content (AvgIpc) is 2.51. The van der Waals surface area contributed by atoms with Crippen LogP contribution in [-0.4, -0.2) is 16.5 Å². The number of nitriles is 1. The molecule has 0 bridgehead atoms. The van der Waals surface area contributed by atoms with Crippen LogP contribution in [-0.2, 0) is 0 Å². The van der Waals surface area contributed by atoms with Crippen LogP contribution in [0.15, 0.2) is 47.8 Å². The molecule has 0 radical (unpaired) electrons. The van der Waals surface area contributed by atoms with Gasteiger partial charge in [-0.25, -0.2) is 0 Å². The van der Waals surface area contributed by atoms with Crippen LogP contribution >= 0.6 is 11.6 Å². The second-order valence-electron chi connectivity index (χ2n) is 4.03. The molecule has 2 aromatic rings. The van der Waals surface area contributed by atoms with E-state index >= 15 is 0 Å². The minimum absolute atomic E-state index is 0.243. The van der Waals surface area contributed by atoms with Crippen LogP contribution in [0.2, 0.25) is 5.02 Å². The van der Waals surface area contributed by atoms with Crippen LogP contribution in [0.4, 0.5) is 5.69 Å². The van der Waals surface area contributed by atoms with Gasteiger partial charge in [0.1, 0.15) is 17.5 Å². The van der Waals surface area contributed by atoms with Crippen molar-refractivity contribution in [2.75, 3.05) is 5.43 Å². The number of amidine groups is 1. The first-order valence-electron chi connectivity index (χ1n) is 6.06. The van der Waals surface area contributed by atoms with E-state index in [0.717, 1.165) is 0 Å². The molecule has 0 saturated carbocycles. The summed E-state index contributed by atoms with van der Waals surface area (Å²) in [7, 11) is 0. The number of hydrazone groups is 1. The molecule has 4 N–H and O–H groups in total. The predicted molar refractivity (Wildman–Crippen MR) is 84.3 cm³/mol. The fraction of sp³-hybridized carbons (Fsp3) is 0. The van der Waals surface area contributed by atoms with Crippen molar-refractivity contribution in [3.05, 3.63) is 47.7 Å². The summed E-state index contributed by atoms with van der Waals surface area (Å²) in [4.78, 5) is 3.95. The van der Waals surface area contributed by atoms with E-state index < -0.39 is 5.84 Å². The van der Waals surface area contributed by atoms with Crippen molar-refractivity contribution in [1.29, 1.82) is 10.7 Å². The molecular weight excluding hydrogens is 304 g/mol. The summed E-state index contributed by atoms with van der Waals surface area (Å²) in [5.41, 5.74) is 8.03. The van der Waals surface area contributed by atoms with Gasteiger partial charge < -0.3 is 10.5 Å². The Bertz CT molecular complexity index is 754. The number of rotatable bonds is 5. The molecule has 0 aliphatic carbocycles. The van der Waals surface area contributed by atoms with E-state index in [1.807, 2.05) is 0 Å². The molecule has 8 heteroatoms. The first-order valence-corrected chi connectivity index (χ1v) is 6.43. The molecule has 0 aliphatic rings. The standard InChI is InChI=1S/C14H11ClN6O/c15-9-3-4-13(22-10-2-1-5-19-8-10)11(6-9)20-21-12(7-16)14(17)18/h1-6,8,20H,(H3,17,18)/b21-12+. The minimum atomic E-state index is -0.438. The fourth-order valence-corrected chi connectivity index (χ4v) is 1.65. The fourth-order valence-electron chi connectivity index (χ4n) is 1.47. The maximum atomic E-state index is 8.83. The molecule has 0 saturated heterocycles. The SMILES string of the molecule is N#C/C(=N\Nc1cc(Cl)ccc1Oc1cccnc1)C(=N)N. The quantitative estimate of drug-likeness (QED) is 0.445. The first kappa shape index (κ1) is 15.3. The lowest BCUT2D eigenvalue weighted by Crippen LogP contribution is -2.21. The molecule has 0 amide bonds. The zero-order chi connectivity index (χ0) is 15.9. The molecule has 110 valence electrons. The highest BCUT2D eigenvalue weighted by Gasteiger charge is 2.07. The van der Waals surface area contributed by atoms with E-state index in [9.17, 15) is 0 Å². The van der Waals surface area contributed by atoms with E-state index in [4.69, 9.17) is 32.7 Å². The Morgan fingerprint density at radius 1 is 1.45 bits per heavy atom. The number of hydrogen-bond donors (Lipinski definition) is 3. The first-order chi connectivity index (χ1) is 10.6. The monoisotopic (exact) mass is 314 g/mol. The molecule has 22 heavy (non-hydrogen) atoms. The number of nitrogens with two attached hydrogens (primary N) is 1. The highest BCUT2D eigenvalue weighted by atomic mass is 35.5. The normalized spacial score (nSPS) is 10.6. The van der Waals surface area contributed by atoms with Gasteiger partial charge in [-0.1, -0.05) is 11.6 Å². The van der Waals surface area contributed by atoms with Crippen molar-refractivity contribution in [2.24, 2.45) is 10.8 Å². The Morgan fingerprint density at radius 2 is 2.27 bits per heavy atom. The lowest BCUT2D eigenvalue weighted by molar-refractivity contribution is 0.482. The Hall–Kier alpha value is -3.11. The van der Waals surface area contributed by atoms with E-state index in [1.54, 1.807) is 48.8 Å². The summed E-state index contributed by atoms with van der Waals surface area (Å²) in [6.45, 7) is 0. The molecule has 0 aliphatic heterocycles. The van der Waals surface area contributed by atoms with Crippen LogP contribution < -0.4 is 15.9 Å². The summed E-state index contributed by atoms with van der Waals surface area (Å²) in [6.07, 6.45) is 3.18. The van der Waals surface area contributed by atoms with Crippen LogP contribution in [0.25, 0.3) is 0 Å². The van der Waals surface area contributed by atoms with Crippen molar-refractivity contribution in [1.82, 2.24) is 4.98 Å². The van der Waals surface area contributed by atoms with Gasteiger partial charge in [0.2, 0.25) is 5.71 Å². The summed E-state index contributed by atoms with van der Waals surface area (Å²) in [5.74, 6) is 0.526. The lowest BCUT2D eigenvalue weighted by atomic mass is 10.3. The molecule has 1 heterocycles. The molecule has 7 nitrogen and oxygen atoms in total. The van der Waals surface area contributed by atoms with Crippen molar-refractivity contribution in [2.45, 2.75) is 0 Å². The molecule has 2 rings (SSSR count). The van der Waals surface area contributed by atoms with Gasteiger partial charge in [0.15, 0.2) is 11.6 Å². The zero-order valence-electron chi connectivity index (χ0n) is 11.2. The number of aromatic nitrogens is 1. The van der Waals surface area contributed by atoms with Gasteiger partial charge in [-0.2, -0.15) is 10.4 Å². The topological polar surface area (TPSA) is 120 Å². The van der Waals surface area contributed by atoms with Gasteiger partial charge in [0, 0.05) is 11.2 Å². The van der Waals surface area contributed by atoms with Crippen molar-refractivity contribution in [3.8, 4) is 17.6 Å². The third-order valence-corrected chi connectivity index (χ3v) is 2.69. The highest BCUT2D eigenvalue weighted by Crippen LogP contribution is 2.31. The number of ether oxygens (including phenoxy) is 1. The second kappa shape index (κ2) is 7.06. The maximum absolute atomic E-state index is 8.83. The predicted octanol–water partition coefficient (Wildman–Crippen LogP) is 2.75. The third-order valence-electron chi connectivity index (χ3n) is 2.45. The summed E-state index contributed by atoms with van der Waals surface area (Å²) in [5, 5.41) is 20.3. The van der Waals surface area contributed by atoms with Gasteiger partial charge in [0.25, 0.3) is 0 Å². The number of halogens is 1. The molecule has 1 aromatic heterocycles. The van der Waals surface area contributed by atoms with Crippen LogP contribution in [0.3, 0.4) is 0 Å². The van der Waals surface area contributed by atoms with Gasteiger partial charge in [-0.05, 0) is 30.3 Å². The van der Waals surface area contributed by atoms with Gasteiger partial charge in [-0.15, -0.1) is 0 Å². The highest BCUT2D eigenvalue weighted by molar-refractivity contribution is 6.45. The number of anilines is 1. The number of nitrogens with zero attached hydrogens (tertiary/aromatic N) is 3. The lowest BCUT2D eigenvalue weighted by Gasteiger charge is -2.11. The number of pyridine rings is 1. The number of benzene rings is 1. The van der Waals surface area contributed by atoms with Crippen molar-refractivity contribution < 1.29 is 4.74 Å². The minimum Gasteiger partial charge on any atom is -0.454 e.